The lowest BCUT2D eigenvalue weighted by molar-refractivity contribution is -0.155. The van der Waals surface area contributed by atoms with Gasteiger partial charge in [-0.2, -0.15) is 0 Å². The molecular formula is C21H38O4. The van der Waals surface area contributed by atoms with Gasteiger partial charge in [-0.1, -0.05) is 34.1 Å². The Morgan fingerprint density at radius 3 is 1.56 bits per heavy atom. The van der Waals surface area contributed by atoms with Crippen LogP contribution < -0.4 is 0 Å². The zero-order valence-electron chi connectivity index (χ0n) is 16.7. The molecule has 0 amide bonds. The van der Waals surface area contributed by atoms with Crippen molar-refractivity contribution < 1.29 is 19.1 Å². The molecule has 1 aliphatic carbocycles. The monoisotopic (exact) mass is 354 g/mol. The molecule has 25 heavy (non-hydrogen) atoms. The van der Waals surface area contributed by atoms with E-state index in [4.69, 9.17) is 9.47 Å². The highest BCUT2D eigenvalue weighted by Gasteiger charge is 2.31. The minimum Gasteiger partial charge on any atom is -0.465 e. The Balaban J connectivity index is 2.13. The van der Waals surface area contributed by atoms with Crippen molar-refractivity contribution >= 4 is 11.9 Å². The van der Waals surface area contributed by atoms with Crippen LogP contribution >= 0.6 is 0 Å². The second kappa shape index (κ2) is 12.3. The zero-order valence-corrected chi connectivity index (χ0v) is 16.7. The van der Waals surface area contributed by atoms with E-state index in [0.717, 1.165) is 51.4 Å². The Hall–Kier alpha value is -1.06. The van der Waals surface area contributed by atoms with Gasteiger partial charge < -0.3 is 9.47 Å². The summed E-state index contributed by atoms with van der Waals surface area (Å²) < 4.78 is 10.8. The van der Waals surface area contributed by atoms with Crippen molar-refractivity contribution in [1.29, 1.82) is 0 Å². The molecule has 0 unspecified atom stereocenters. The predicted octanol–water partition coefficient (Wildman–Crippen LogP) is 5.14. The van der Waals surface area contributed by atoms with Gasteiger partial charge in [0.1, 0.15) is 0 Å². The summed E-state index contributed by atoms with van der Waals surface area (Å²) in [5.74, 6) is 1.13. The largest absolute Gasteiger partial charge is 0.465 e. The number of esters is 2. The second-order valence-electron chi connectivity index (χ2n) is 8.31. The number of ether oxygens (including phenoxy) is 2. The zero-order chi connectivity index (χ0) is 18.7. The van der Waals surface area contributed by atoms with E-state index in [1.54, 1.807) is 0 Å². The molecule has 0 aromatic heterocycles. The highest BCUT2D eigenvalue weighted by atomic mass is 16.5. The fourth-order valence-electron chi connectivity index (χ4n) is 3.29. The Bertz CT molecular complexity index is 381. The molecule has 0 N–H and O–H groups in total. The van der Waals surface area contributed by atoms with Gasteiger partial charge in [0.25, 0.3) is 0 Å². The summed E-state index contributed by atoms with van der Waals surface area (Å²) in [6.07, 6.45) is 8.24. The summed E-state index contributed by atoms with van der Waals surface area (Å²) in [6, 6.07) is 0. The van der Waals surface area contributed by atoms with Crippen LogP contribution in [0, 0.1) is 23.7 Å². The first-order valence-corrected chi connectivity index (χ1v) is 10.2. The summed E-state index contributed by atoms with van der Waals surface area (Å²) in [5.41, 5.74) is 0. The van der Waals surface area contributed by atoms with Crippen molar-refractivity contribution in [2.75, 3.05) is 13.2 Å². The maximum Gasteiger partial charge on any atom is 0.308 e. The normalized spacial score (nSPS) is 20.7. The van der Waals surface area contributed by atoms with E-state index < -0.39 is 0 Å². The van der Waals surface area contributed by atoms with E-state index in [9.17, 15) is 9.59 Å². The number of hydrogen-bond donors (Lipinski definition) is 0. The number of carbonyl (C=O) groups is 2. The van der Waals surface area contributed by atoms with Gasteiger partial charge in [0.2, 0.25) is 0 Å². The molecule has 0 aliphatic heterocycles. The van der Waals surface area contributed by atoms with Crippen LogP contribution in [0.2, 0.25) is 0 Å². The molecule has 0 aromatic rings. The molecule has 4 heteroatoms. The molecule has 1 saturated carbocycles. The predicted molar refractivity (Wildman–Crippen MR) is 100 cm³/mol. The topological polar surface area (TPSA) is 52.6 Å². The van der Waals surface area contributed by atoms with Crippen molar-refractivity contribution in [1.82, 2.24) is 0 Å². The summed E-state index contributed by atoms with van der Waals surface area (Å²) in [7, 11) is 0. The van der Waals surface area contributed by atoms with Gasteiger partial charge in [-0.25, -0.2) is 0 Å². The number of unbranched alkanes of at least 4 members (excludes halogenated alkanes) is 1. The smallest absolute Gasteiger partial charge is 0.308 e. The first kappa shape index (κ1) is 22.0. The molecule has 0 bridgehead atoms. The molecule has 0 spiro atoms. The molecule has 0 saturated heterocycles. The lowest BCUT2D eigenvalue weighted by atomic mass is 9.82. The Morgan fingerprint density at radius 1 is 0.720 bits per heavy atom. The average Bonchev–Trinajstić information content (AvgIpc) is 2.57. The Labute approximate surface area is 154 Å². The van der Waals surface area contributed by atoms with Crippen LogP contribution in [0.3, 0.4) is 0 Å². The third-order valence-corrected chi connectivity index (χ3v) is 4.98. The highest BCUT2D eigenvalue weighted by molar-refractivity contribution is 5.75. The van der Waals surface area contributed by atoms with Gasteiger partial charge in [0.15, 0.2) is 0 Å². The van der Waals surface area contributed by atoms with E-state index in [0.29, 0.717) is 25.0 Å². The average molecular weight is 355 g/mol. The van der Waals surface area contributed by atoms with Crippen LogP contribution in [0.1, 0.15) is 85.5 Å². The summed E-state index contributed by atoms with van der Waals surface area (Å²) in [4.78, 5) is 24.2. The Kier molecular flexibility index (Phi) is 10.8. The van der Waals surface area contributed by atoms with Crippen molar-refractivity contribution in [3.05, 3.63) is 0 Å². The van der Waals surface area contributed by atoms with Gasteiger partial charge in [-0.05, 0) is 63.2 Å². The van der Waals surface area contributed by atoms with E-state index in [1.165, 1.54) is 6.42 Å². The van der Waals surface area contributed by atoms with E-state index in [2.05, 4.69) is 27.7 Å². The summed E-state index contributed by atoms with van der Waals surface area (Å²) in [6.45, 7) is 9.82. The van der Waals surface area contributed by atoms with Crippen LogP contribution in [-0.4, -0.2) is 25.2 Å². The molecule has 0 aromatic carbocycles. The standard InChI is InChI=1S/C21H38O4/c1-16(2)8-5-6-14-24-20(22)18-10-12-19(13-11-18)21(23)25-15-7-9-17(3)4/h16-19H,5-15H2,1-4H3. The first-order valence-electron chi connectivity index (χ1n) is 10.2. The lowest BCUT2D eigenvalue weighted by Crippen LogP contribution is -2.28. The third-order valence-electron chi connectivity index (χ3n) is 4.98. The van der Waals surface area contributed by atoms with Crippen LogP contribution in [0.25, 0.3) is 0 Å². The lowest BCUT2D eigenvalue weighted by Gasteiger charge is -2.26. The molecule has 0 radical (unpaired) electrons. The minimum atomic E-state index is -0.0794. The Morgan fingerprint density at radius 2 is 1.12 bits per heavy atom. The van der Waals surface area contributed by atoms with E-state index in [1.807, 2.05) is 0 Å². The third kappa shape index (κ3) is 9.86. The molecule has 1 fully saturated rings. The molecular weight excluding hydrogens is 316 g/mol. The minimum absolute atomic E-state index is 0.0323. The maximum atomic E-state index is 12.1. The second-order valence-corrected chi connectivity index (χ2v) is 8.31. The maximum absolute atomic E-state index is 12.1. The van der Waals surface area contributed by atoms with Crippen LogP contribution in [-0.2, 0) is 19.1 Å². The summed E-state index contributed by atoms with van der Waals surface area (Å²) >= 11 is 0. The van der Waals surface area contributed by atoms with Gasteiger partial charge in [-0.15, -0.1) is 0 Å². The van der Waals surface area contributed by atoms with Crippen LogP contribution in [0.15, 0.2) is 0 Å². The number of carbonyl (C=O) groups excluding carboxylic acids is 2. The quantitative estimate of drug-likeness (QED) is 0.381. The SMILES string of the molecule is CC(C)CCCCOC(=O)C1CCC(C(=O)OCCCC(C)C)CC1. The van der Waals surface area contributed by atoms with Crippen LogP contribution in [0.5, 0.6) is 0 Å². The van der Waals surface area contributed by atoms with Gasteiger partial charge in [-0.3, -0.25) is 9.59 Å². The van der Waals surface area contributed by atoms with Crippen molar-refractivity contribution in [2.45, 2.75) is 85.5 Å². The highest BCUT2D eigenvalue weighted by Crippen LogP contribution is 2.30. The van der Waals surface area contributed by atoms with Gasteiger partial charge in [0.05, 0.1) is 25.0 Å². The fourth-order valence-corrected chi connectivity index (χ4v) is 3.29. The summed E-state index contributed by atoms with van der Waals surface area (Å²) in [5, 5.41) is 0. The number of hydrogen-bond acceptors (Lipinski definition) is 4. The molecule has 1 rings (SSSR count). The van der Waals surface area contributed by atoms with Crippen molar-refractivity contribution in [3.63, 3.8) is 0 Å². The molecule has 0 heterocycles. The molecule has 0 atom stereocenters. The van der Waals surface area contributed by atoms with Gasteiger partial charge >= 0.3 is 11.9 Å². The first-order chi connectivity index (χ1) is 11.9. The van der Waals surface area contributed by atoms with Crippen molar-refractivity contribution in [2.24, 2.45) is 23.7 Å². The molecule has 4 nitrogen and oxygen atoms in total. The molecule has 1 aliphatic rings. The van der Waals surface area contributed by atoms with Gasteiger partial charge in [0, 0.05) is 0 Å². The molecule has 146 valence electrons. The van der Waals surface area contributed by atoms with E-state index >= 15 is 0 Å². The number of rotatable bonds is 11. The van der Waals surface area contributed by atoms with Crippen LogP contribution in [0.4, 0.5) is 0 Å². The van der Waals surface area contributed by atoms with Crippen molar-refractivity contribution in [3.8, 4) is 0 Å². The fraction of sp³-hybridized carbons (Fsp3) is 0.905. The van der Waals surface area contributed by atoms with E-state index in [-0.39, 0.29) is 23.8 Å².